The third kappa shape index (κ3) is 6.89. The topological polar surface area (TPSA) is 26.3 Å². The Morgan fingerprint density at radius 1 is 1.86 bits per heavy atom. The van der Waals surface area contributed by atoms with Gasteiger partial charge in [0.2, 0.25) is 0 Å². The number of rotatable bonds is 2. The molecule has 0 saturated carbocycles. The van der Waals surface area contributed by atoms with E-state index in [2.05, 4.69) is 4.74 Å². The molecule has 0 aromatic rings. The molecule has 0 aliphatic heterocycles. The summed E-state index contributed by atoms with van der Waals surface area (Å²) in [7, 11) is 1.50. The monoisotopic (exact) mass is 130 g/mol. The molecule has 0 amide bonds. The van der Waals surface area contributed by atoms with Gasteiger partial charge >= 0.3 is 37.7 Å². The Bertz CT molecular complexity index is 53.8. The molecule has 1 atom stereocenters. The average molecular weight is 130 g/mol. The van der Waals surface area contributed by atoms with Gasteiger partial charge in [0.1, 0.15) is 12.4 Å². The van der Waals surface area contributed by atoms with Crippen molar-refractivity contribution in [2.75, 3.05) is 7.11 Å². The maximum Gasteiger partial charge on any atom is 2.00 e. The molecule has 0 fully saturated rings. The molecule has 40 valence electrons. The molecule has 0 rings (SSSR count). The van der Waals surface area contributed by atoms with Crippen LogP contribution in [0.4, 0.5) is 0 Å². The fourth-order valence-electron chi connectivity index (χ4n) is 0.0556. The van der Waals surface area contributed by atoms with E-state index in [0.29, 0.717) is 0 Å². The number of carbonyl (C=O) groups excluding carboxylic acids is 1. The largest absolute Gasteiger partial charge is 2.00 e. The molecule has 2 nitrogen and oxygen atoms in total. The van der Waals surface area contributed by atoms with Crippen molar-refractivity contribution < 1.29 is 12.4 Å². The Kier molecular flexibility index (Phi) is 10.6. The first-order valence-corrected chi connectivity index (χ1v) is 1.79. The number of hydrogen-bond acceptors (Lipinski definition) is 2. The van der Waals surface area contributed by atoms with E-state index in [1.165, 1.54) is 7.11 Å². The summed E-state index contributed by atoms with van der Waals surface area (Å²) in [5.41, 5.74) is 0. The molecule has 0 saturated heterocycles. The summed E-state index contributed by atoms with van der Waals surface area (Å²) < 4.78 is 4.53. The van der Waals surface area contributed by atoms with Crippen LogP contribution in [0.15, 0.2) is 0 Å². The van der Waals surface area contributed by atoms with Crippen LogP contribution in [-0.4, -0.2) is 57.2 Å². The fraction of sp³-hybridized carbons (Fsp3) is 0.750. The van der Waals surface area contributed by atoms with Gasteiger partial charge in [-0.25, -0.2) is 0 Å². The van der Waals surface area contributed by atoms with E-state index in [1.54, 1.807) is 6.92 Å². The number of ether oxygens (including phenoxy) is 1. The number of carbonyl (C=O) groups is 1. The van der Waals surface area contributed by atoms with Gasteiger partial charge in [-0.2, -0.15) is 0 Å². The summed E-state index contributed by atoms with van der Waals surface area (Å²) in [6, 6.07) is 0. The molecule has 1 unspecified atom stereocenters. The van der Waals surface area contributed by atoms with Crippen LogP contribution in [0.1, 0.15) is 9.78 Å². The minimum absolute atomic E-state index is 0. The molecule has 0 heterocycles. The average Bonchev–Trinajstić information content (AvgIpc) is 1.65. The molecule has 7 heavy (non-hydrogen) atoms. The first-order valence-electron chi connectivity index (χ1n) is 1.79. The maximum atomic E-state index is 9.61. The maximum absolute atomic E-state index is 9.61. The minimum atomic E-state index is -0.245. The summed E-state index contributed by atoms with van der Waals surface area (Å²) in [4.78, 5) is 9.61. The summed E-state index contributed by atoms with van der Waals surface area (Å²) in [6.07, 6.45) is 0.505. The third-order valence-electron chi connectivity index (χ3n) is 0.563. The first-order chi connectivity index (χ1) is 2.81. The van der Waals surface area contributed by atoms with Gasteiger partial charge in [0.05, 0.1) is 0 Å². The van der Waals surface area contributed by atoms with Crippen LogP contribution < -0.4 is 0 Å². The third-order valence-corrected chi connectivity index (χ3v) is 0.563. The molecular formula is C4H10CaO2. The molecule has 0 aromatic carbocycles. The van der Waals surface area contributed by atoms with Crippen molar-refractivity contribution >= 4 is 44.0 Å². The summed E-state index contributed by atoms with van der Waals surface area (Å²) in [6.45, 7) is 1.69. The van der Waals surface area contributed by atoms with Crippen molar-refractivity contribution in [3.05, 3.63) is 0 Å². The number of methoxy groups -OCH3 is 1. The summed E-state index contributed by atoms with van der Waals surface area (Å²) in [5, 5.41) is 0. The Morgan fingerprint density at radius 2 is 2.29 bits per heavy atom. The van der Waals surface area contributed by atoms with Gasteiger partial charge in [-0.15, -0.1) is 0 Å². The predicted molar refractivity (Wildman–Crippen MR) is 30.5 cm³/mol. The number of aldehydes is 1. The molecule has 0 N–H and O–H groups in total. The van der Waals surface area contributed by atoms with E-state index in [1.807, 2.05) is 0 Å². The van der Waals surface area contributed by atoms with Crippen LogP contribution in [0.25, 0.3) is 0 Å². The van der Waals surface area contributed by atoms with Gasteiger partial charge in [-0.1, -0.05) is 0 Å². The van der Waals surface area contributed by atoms with Crippen LogP contribution in [0.5, 0.6) is 0 Å². The fourth-order valence-corrected chi connectivity index (χ4v) is 0.0556. The standard InChI is InChI=1S/C4H8O2.Ca.2H/c1-4(3-5)6-2;;;/h3-4H,1-2H3;;;/q;+2;2*-1. The van der Waals surface area contributed by atoms with Crippen molar-refractivity contribution in [1.29, 1.82) is 0 Å². The smallest absolute Gasteiger partial charge is 1.00 e. The molecule has 0 aromatic heterocycles. The van der Waals surface area contributed by atoms with Gasteiger partial charge < -0.3 is 12.4 Å². The Balaban J connectivity index is -0.0000000417. The predicted octanol–water partition coefficient (Wildman–Crippen LogP) is 0.0644. The second-order valence-corrected chi connectivity index (χ2v) is 1.08. The number of hydrogen-bond donors (Lipinski definition) is 0. The minimum Gasteiger partial charge on any atom is -1.00 e. The van der Waals surface area contributed by atoms with E-state index in [0.717, 1.165) is 6.29 Å². The second-order valence-electron chi connectivity index (χ2n) is 1.08. The zero-order chi connectivity index (χ0) is 4.99. The Hall–Kier alpha value is 0.890. The van der Waals surface area contributed by atoms with Gasteiger partial charge in [0.25, 0.3) is 0 Å². The molecular weight excluding hydrogens is 120 g/mol. The first kappa shape index (κ1) is 10.8. The quantitative estimate of drug-likeness (QED) is 0.390. The van der Waals surface area contributed by atoms with E-state index < -0.39 is 0 Å². The van der Waals surface area contributed by atoms with Crippen molar-refractivity contribution in [2.24, 2.45) is 0 Å². The van der Waals surface area contributed by atoms with E-state index in [-0.39, 0.29) is 46.7 Å². The molecule has 3 heteroatoms. The van der Waals surface area contributed by atoms with Crippen LogP contribution in [0, 0.1) is 0 Å². The van der Waals surface area contributed by atoms with Crippen molar-refractivity contribution in [1.82, 2.24) is 0 Å². The van der Waals surface area contributed by atoms with E-state index in [9.17, 15) is 4.79 Å². The van der Waals surface area contributed by atoms with Crippen molar-refractivity contribution in [3.8, 4) is 0 Å². The SMILES string of the molecule is COC(C)C=O.[Ca+2].[H-].[H-]. The van der Waals surface area contributed by atoms with Crippen LogP contribution >= 0.6 is 0 Å². The van der Waals surface area contributed by atoms with Crippen LogP contribution in [0.2, 0.25) is 0 Å². The van der Waals surface area contributed by atoms with Gasteiger partial charge in [0, 0.05) is 7.11 Å². The Labute approximate surface area is 76.2 Å². The summed E-state index contributed by atoms with van der Waals surface area (Å²) >= 11 is 0. The molecule has 0 radical (unpaired) electrons. The van der Waals surface area contributed by atoms with Crippen LogP contribution in [-0.2, 0) is 9.53 Å². The van der Waals surface area contributed by atoms with Crippen molar-refractivity contribution in [3.63, 3.8) is 0 Å². The molecule has 0 aliphatic rings. The van der Waals surface area contributed by atoms with Gasteiger partial charge in [0.15, 0.2) is 0 Å². The molecule has 0 bridgehead atoms. The molecule has 0 aliphatic carbocycles. The van der Waals surface area contributed by atoms with Gasteiger partial charge in [-0.05, 0) is 6.92 Å². The van der Waals surface area contributed by atoms with Gasteiger partial charge in [-0.3, -0.25) is 0 Å². The summed E-state index contributed by atoms with van der Waals surface area (Å²) in [5.74, 6) is 0. The molecule has 0 spiro atoms. The van der Waals surface area contributed by atoms with Crippen LogP contribution in [0.3, 0.4) is 0 Å². The second kappa shape index (κ2) is 6.89. The zero-order valence-electron chi connectivity index (χ0n) is 6.68. The van der Waals surface area contributed by atoms with E-state index >= 15 is 0 Å². The van der Waals surface area contributed by atoms with Crippen molar-refractivity contribution in [2.45, 2.75) is 13.0 Å². The van der Waals surface area contributed by atoms with E-state index in [4.69, 9.17) is 0 Å². The Morgan fingerprint density at radius 3 is 2.29 bits per heavy atom. The zero-order valence-corrected chi connectivity index (χ0v) is 6.89. The normalized spacial score (nSPS) is 11.7.